The number of nitrogens with one attached hydrogen (secondary N) is 1. The zero-order valence-electron chi connectivity index (χ0n) is 20.3. The van der Waals surface area contributed by atoms with Gasteiger partial charge in [0.25, 0.3) is 0 Å². The Morgan fingerprint density at radius 3 is 2.51 bits per heavy atom. The van der Waals surface area contributed by atoms with Gasteiger partial charge in [0.15, 0.2) is 17.2 Å². The number of rotatable bonds is 7. The summed E-state index contributed by atoms with van der Waals surface area (Å²) in [6.07, 6.45) is 4.31. The highest BCUT2D eigenvalue weighted by molar-refractivity contribution is 5.90. The van der Waals surface area contributed by atoms with Gasteiger partial charge in [-0.15, -0.1) is 0 Å². The van der Waals surface area contributed by atoms with Crippen LogP contribution in [0, 0.1) is 12.5 Å². The monoisotopic (exact) mass is 471 g/mol. The molecule has 1 amide bonds. The fourth-order valence-corrected chi connectivity index (χ4v) is 4.73. The third kappa shape index (κ3) is 4.73. The maximum absolute atomic E-state index is 12.9. The van der Waals surface area contributed by atoms with Crippen molar-refractivity contribution in [2.24, 2.45) is 13.0 Å². The first-order valence-corrected chi connectivity index (χ1v) is 11.4. The van der Waals surface area contributed by atoms with Crippen LogP contribution in [-0.2, 0) is 18.4 Å². The van der Waals surface area contributed by atoms with Gasteiger partial charge in [0.2, 0.25) is 11.7 Å². The quantitative estimate of drug-likeness (QED) is 0.460. The van der Waals surface area contributed by atoms with Crippen LogP contribution in [-0.4, -0.2) is 29.8 Å². The van der Waals surface area contributed by atoms with Gasteiger partial charge < -0.3 is 24.5 Å². The molecule has 0 saturated carbocycles. The normalized spacial score (nSPS) is 17.6. The van der Waals surface area contributed by atoms with Crippen molar-refractivity contribution in [1.29, 1.82) is 0 Å². The fourth-order valence-electron chi connectivity index (χ4n) is 4.73. The number of hydrogen-bond acceptors (Lipinski definition) is 4. The molecular formula is C28H29N3O4. The van der Waals surface area contributed by atoms with E-state index in [-0.39, 0.29) is 23.5 Å². The minimum absolute atomic E-state index is 0.0311. The fraction of sp³-hybridized carbons (Fsp3) is 0.286. The molecule has 180 valence electrons. The number of ether oxygens (including phenoxy) is 2. The third-order valence-electron chi connectivity index (χ3n) is 6.72. The highest BCUT2D eigenvalue weighted by Gasteiger charge is 2.35. The average Bonchev–Trinajstić information content (AvgIpc) is 3.39. The number of hydrogen-bond donors (Lipinski definition) is 2. The van der Waals surface area contributed by atoms with E-state index in [1.165, 1.54) is 14.2 Å². The van der Waals surface area contributed by atoms with E-state index in [4.69, 9.17) is 16.0 Å². The van der Waals surface area contributed by atoms with E-state index >= 15 is 0 Å². The van der Waals surface area contributed by atoms with Crippen LogP contribution in [0.5, 0.6) is 17.2 Å². The lowest BCUT2D eigenvalue weighted by molar-refractivity contribution is -0.121. The molecule has 7 heteroatoms. The number of carbonyl (C=O) groups is 1. The van der Waals surface area contributed by atoms with Crippen LogP contribution in [0.15, 0.2) is 48.7 Å². The lowest BCUT2D eigenvalue weighted by atomic mass is 9.88. The summed E-state index contributed by atoms with van der Waals surface area (Å²) in [6, 6.07) is 13.1. The molecule has 0 radical (unpaired) electrons. The van der Waals surface area contributed by atoms with Gasteiger partial charge in [0, 0.05) is 25.4 Å². The number of phenols is 1. The zero-order valence-corrected chi connectivity index (χ0v) is 20.3. The second-order valence-electron chi connectivity index (χ2n) is 8.74. The van der Waals surface area contributed by atoms with Gasteiger partial charge in [0.05, 0.1) is 27.3 Å². The first kappa shape index (κ1) is 24.0. The number of aromatic hydroxyl groups is 1. The van der Waals surface area contributed by atoms with Gasteiger partial charge in [-0.25, -0.2) is 4.85 Å². The molecule has 1 aliphatic rings. The molecule has 3 aromatic rings. The molecule has 1 aliphatic carbocycles. The standard InChI is InChI=1S/C28H29N3O4/c1-17-22(11-18-12-25(34-4)28(33)26(13-18)35-5)21-9-8-19(29-2)14-24(21)23(17)15-27(32)30-16-20-7-6-10-31(20)3/h6-14,17,23,33H,15-16H2,1,3-5H3,(H,30,32)/b22-11-. The summed E-state index contributed by atoms with van der Waals surface area (Å²) >= 11 is 0. The number of phenolic OH excluding ortho intramolecular Hbond substituents is 1. The Bertz CT molecular complexity index is 1310. The Morgan fingerprint density at radius 2 is 1.91 bits per heavy atom. The molecule has 1 aromatic heterocycles. The van der Waals surface area contributed by atoms with Crippen molar-refractivity contribution in [2.45, 2.75) is 25.8 Å². The Kier molecular flexibility index (Phi) is 6.83. The summed E-state index contributed by atoms with van der Waals surface area (Å²) in [5.74, 6) is 0.539. The average molecular weight is 472 g/mol. The van der Waals surface area contributed by atoms with Crippen molar-refractivity contribution in [3.8, 4) is 17.2 Å². The molecule has 1 heterocycles. The second kappa shape index (κ2) is 9.98. The zero-order chi connectivity index (χ0) is 25.1. The molecule has 35 heavy (non-hydrogen) atoms. The predicted molar refractivity (Wildman–Crippen MR) is 136 cm³/mol. The molecule has 7 nitrogen and oxygen atoms in total. The van der Waals surface area contributed by atoms with Gasteiger partial charge in [0.1, 0.15) is 0 Å². The SMILES string of the molecule is [C-]#[N+]c1ccc2c(c1)C(CC(=O)NCc1cccn1C)C(C)/C2=C/c1cc(OC)c(O)c(OC)c1. The van der Waals surface area contributed by atoms with Crippen LogP contribution >= 0.6 is 0 Å². The number of methoxy groups -OCH3 is 2. The highest BCUT2D eigenvalue weighted by Crippen LogP contribution is 2.50. The number of fused-ring (bicyclic) bond motifs is 1. The smallest absolute Gasteiger partial charge is 0.220 e. The van der Waals surface area contributed by atoms with Crippen LogP contribution < -0.4 is 14.8 Å². The van der Waals surface area contributed by atoms with Crippen molar-refractivity contribution < 1.29 is 19.4 Å². The number of aromatic nitrogens is 1. The van der Waals surface area contributed by atoms with Crippen LogP contribution in [0.25, 0.3) is 16.5 Å². The Hall–Kier alpha value is -4.18. The van der Waals surface area contributed by atoms with Gasteiger partial charge in [-0.1, -0.05) is 31.2 Å². The van der Waals surface area contributed by atoms with Crippen molar-refractivity contribution in [2.75, 3.05) is 14.2 Å². The van der Waals surface area contributed by atoms with Crippen LogP contribution in [0.3, 0.4) is 0 Å². The van der Waals surface area contributed by atoms with Gasteiger partial charge in [-0.3, -0.25) is 4.79 Å². The molecule has 0 saturated heterocycles. The number of amides is 1. The number of allylic oxidation sites excluding steroid dienone is 1. The van der Waals surface area contributed by atoms with E-state index in [0.717, 1.165) is 28.0 Å². The minimum Gasteiger partial charge on any atom is -0.502 e. The minimum atomic E-state index is -0.0627. The summed E-state index contributed by atoms with van der Waals surface area (Å²) < 4.78 is 12.6. The van der Waals surface area contributed by atoms with Crippen molar-refractivity contribution in [3.63, 3.8) is 0 Å². The van der Waals surface area contributed by atoms with Crippen molar-refractivity contribution in [3.05, 3.63) is 82.5 Å². The van der Waals surface area contributed by atoms with E-state index in [9.17, 15) is 9.90 Å². The van der Waals surface area contributed by atoms with Crippen LogP contribution in [0.1, 0.15) is 41.6 Å². The lowest BCUT2D eigenvalue weighted by Gasteiger charge is -2.18. The molecule has 2 unspecified atom stereocenters. The van der Waals surface area contributed by atoms with E-state index in [2.05, 4.69) is 17.1 Å². The molecule has 2 aromatic carbocycles. The molecule has 0 bridgehead atoms. The van der Waals surface area contributed by atoms with Gasteiger partial charge >= 0.3 is 0 Å². The largest absolute Gasteiger partial charge is 0.502 e. The lowest BCUT2D eigenvalue weighted by Crippen LogP contribution is -2.26. The van der Waals surface area contributed by atoms with Gasteiger partial charge in [-0.05, 0) is 58.4 Å². The molecule has 0 aliphatic heterocycles. The summed E-state index contributed by atoms with van der Waals surface area (Å²) in [5.41, 5.74) is 5.49. The predicted octanol–water partition coefficient (Wildman–Crippen LogP) is 5.28. The molecular weight excluding hydrogens is 442 g/mol. The topological polar surface area (TPSA) is 77.1 Å². The first-order valence-electron chi connectivity index (χ1n) is 11.4. The van der Waals surface area contributed by atoms with E-state index in [1.54, 1.807) is 12.1 Å². The molecule has 4 rings (SSSR count). The number of carbonyl (C=O) groups excluding carboxylic acids is 1. The number of benzene rings is 2. The summed E-state index contributed by atoms with van der Waals surface area (Å²) in [7, 11) is 4.94. The summed E-state index contributed by atoms with van der Waals surface area (Å²) in [5, 5.41) is 13.3. The first-order chi connectivity index (χ1) is 16.9. The summed E-state index contributed by atoms with van der Waals surface area (Å²) in [6.45, 7) is 10.0. The van der Waals surface area contributed by atoms with Crippen molar-refractivity contribution >= 4 is 23.2 Å². The molecule has 2 atom stereocenters. The number of aryl methyl sites for hydroxylation is 1. The van der Waals surface area contributed by atoms with Crippen molar-refractivity contribution in [1.82, 2.24) is 9.88 Å². The molecule has 0 spiro atoms. The second-order valence-corrected chi connectivity index (χ2v) is 8.74. The Labute approximate surface area is 205 Å². The van der Waals surface area contributed by atoms with E-state index < -0.39 is 0 Å². The summed E-state index contributed by atoms with van der Waals surface area (Å²) in [4.78, 5) is 16.5. The van der Waals surface area contributed by atoms with E-state index in [1.807, 2.05) is 54.2 Å². The maximum atomic E-state index is 12.9. The Morgan fingerprint density at radius 1 is 1.20 bits per heavy atom. The molecule has 2 N–H and O–H groups in total. The third-order valence-corrected chi connectivity index (χ3v) is 6.72. The Balaban J connectivity index is 1.66. The van der Waals surface area contributed by atoms with Crippen LogP contribution in [0.4, 0.5) is 5.69 Å². The van der Waals surface area contributed by atoms with Gasteiger partial charge in [-0.2, -0.15) is 0 Å². The maximum Gasteiger partial charge on any atom is 0.220 e. The molecule has 0 fully saturated rings. The highest BCUT2D eigenvalue weighted by atomic mass is 16.5. The van der Waals surface area contributed by atoms with Crippen LogP contribution in [0.2, 0.25) is 0 Å². The van der Waals surface area contributed by atoms with E-state index in [0.29, 0.717) is 30.2 Å². The number of nitrogens with zero attached hydrogens (tertiary/aromatic N) is 2.